The molecule has 0 saturated carbocycles. The Labute approximate surface area is 76.1 Å². The van der Waals surface area contributed by atoms with Crippen molar-refractivity contribution < 1.29 is 0 Å². The number of nitrogens with two attached hydrogens (primary N) is 1. The predicted octanol–water partition coefficient (Wildman–Crippen LogP) is -0.0292. The molecular formula is C8H11N5. The molecule has 2 rings (SSSR count). The Morgan fingerprint density at radius 3 is 2.54 bits per heavy atom. The summed E-state index contributed by atoms with van der Waals surface area (Å²) in [4.78, 5) is 10.3. The van der Waals surface area contributed by atoms with Crippen LogP contribution in [0.3, 0.4) is 0 Å². The van der Waals surface area contributed by atoms with E-state index in [1.165, 1.54) is 12.6 Å². The summed E-state index contributed by atoms with van der Waals surface area (Å²) in [6, 6.07) is 0. The van der Waals surface area contributed by atoms with Crippen molar-refractivity contribution in [3.8, 4) is 0 Å². The van der Waals surface area contributed by atoms with Gasteiger partial charge in [0.25, 0.3) is 0 Å². The fraction of sp³-hybridized carbons (Fsp3) is 0.375. The molecule has 1 aromatic heterocycles. The Morgan fingerprint density at radius 2 is 2.15 bits per heavy atom. The van der Waals surface area contributed by atoms with Crippen LogP contribution in [0.4, 0.5) is 5.82 Å². The molecule has 1 aliphatic heterocycles. The molecule has 1 aromatic rings. The maximum absolute atomic E-state index is 7.13. The standard InChI is InChI=1S/C8H11N5/c9-8(10)6-4-12-7(5-11-6)13-2-1-3-13/h4-5H,1-3H2,(H3,9,10). The maximum atomic E-state index is 7.13. The number of anilines is 1. The third kappa shape index (κ3) is 1.44. The van der Waals surface area contributed by atoms with Crippen molar-refractivity contribution in [3.05, 3.63) is 18.1 Å². The molecule has 0 aromatic carbocycles. The molecule has 5 heteroatoms. The molecule has 1 saturated heterocycles. The van der Waals surface area contributed by atoms with Gasteiger partial charge in [-0.15, -0.1) is 0 Å². The fourth-order valence-electron chi connectivity index (χ4n) is 1.17. The molecule has 5 nitrogen and oxygen atoms in total. The van der Waals surface area contributed by atoms with Crippen LogP contribution in [0, 0.1) is 5.41 Å². The molecule has 2 heterocycles. The van der Waals surface area contributed by atoms with Crippen LogP contribution in [-0.2, 0) is 0 Å². The van der Waals surface area contributed by atoms with E-state index in [0.29, 0.717) is 5.69 Å². The lowest BCUT2D eigenvalue weighted by molar-refractivity contribution is 0.608. The lowest BCUT2D eigenvalue weighted by atomic mass is 10.2. The Balaban J connectivity index is 2.17. The van der Waals surface area contributed by atoms with Gasteiger partial charge in [-0.05, 0) is 6.42 Å². The van der Waals surface area contributed by atoms with E-state index in [1.54, 1.807) is 6.20 Å². The molecule has 3 N–H and O–H groups in total. The molecule has 68 valence electrons. The van der Waals surface area contributed by atoms with Gasteiger partial charge in [-0.3, -0.25) is 5.41 Å². The maximum Gasteiger partial charge on any atom is 0.147 e. The zero-order valence-corrected chi connectivity index (χ0v) is 7.20. The van der Waals surface area contributed by atoms with Crippen LogP contribution in [0.2, 0.25) is 0 Å². The number of nitrogen functional groups attached to an aromatic ring is 1. The van der Waals surface area contributed by atoms with Crippen LogP contribution in [0.1, 0.15) is 12.1 Å². The first kappa shape index (κ1) is 7.97. The zero-order chi connectivity index (χ0) is 9.26. The van der Waals surface area contributed by atoms with Crippen LogP contribution in [-0.4, -0.2) is 28.9 Å². The van der Waals surface area contributed by atoms with E-state index in [2.05, 4.69) is 14.9 Å². The summed E-state index contributed by atoms with van der Waals surface area (Å²) in [6.45, 7) is 2.10. The van der Waals surface area contributed by atoms with Crippen molar-refractivity contribution in [2.24, 2.45) is 5.73 Å². The minimum atomic E-state index is -0.0392. The van der Waals surface area contributed by atoms with Crippen LogP contribution in [0.5, 0.6) is 0 Å². The van der Waals surface area contributed by atoms with Crippen LogP contribution in [0.15, 0.2) is 12.4 Å². The molecule has 0 radical (unpaired) electrons. The normalized spacial score (nSPS) is 15.2. The number of nitrogens with zero attached hydrogens (tertiary/aromatic N) is 3. The molecule has 1 aliphatic rings. The van der Waals surface area contributed by atoms with Gasteiger partial charge in [-0.25, -0.2) is 9.97 Å². The first-order valence-electron chi connectivity index (χ1n) is 4.19. The number of nitrogens with one attached hydrogen (secondary N) is 1. The average molecular weight is 177 g/mol. The van der Waals surface area contributed by atoms with Crippen molar-refractivity contribution in [2.75, 3.05) is 18.0 Å². The number of amidine groups is 1. The summed E-state index contributed by atoms with van der Waals surface area (Å²) >= 11 is 0. The highest BCUT2D eigenvalue weighted by Crippen LogP contribution is 2.15. The molecule has 0 atom stereocenters. The van der Waals surface area contributed by atoms with Crippen molar-refractivity contribution in [3.63, 3.8) is 0 Å². The van der Waals surface area contributed by atoms with E-state index >= 15 is 0 Å². The van der Waals surface area contributed by atoms with Crippen molar-refractivity contribution in [2.45, 2.75) is 6.42 Å². The van der Waals surface area contributed by atoms with Crippen LogP contribution in [0.25, 0.3) is 0 Å². The summed E-state index contributed by atoms with van der Waals surface area (Å²) in [7, 11) is 0. The van der Waals surface area contributed by atoms with Gasteiger partial charge in [0, 0.05) is 13.1 Å². The first-order valence-corrected chi connectivity index (χ1v) is 4.19. The van der Waals surface area contributed by atoms with Gasteiger partial charge in [-0.1, -0.05) is 0 Å². The largest absolute Gasteiger partial charge is 0.382 e. The molecule has 0 spiro atoms. The van der Waals surface area contributed by atoms with Gasteiger partial charge in [0.2, 0.25) is 0 Å². The molecule has 13 heavy (non-hydrogen) atoms. The minimum Gasteiger partial charge on any atom is -0.382 e. The summed E-state index contributed by atoms with van der Waals surface area (Å²) in [5.74, 6) is 0.832. The Bertz CT molecular complexity index is 314. The van der Waals surface area contributed by atoms with Gasteiger partial charge in [0.1, 0.15) is 17.3 Å². The summed E-state index contributed by atoms with van der Waals surface area (Å²) in [5, 5.41) is 7.13. The van der Waals surface area contributed by atoms with Gasteiger partial charge in [-0.2, -0.15) is 0 Å². The molecule has 1 fully saturated rings. The lowest BCUT2D eigenvalue weighted by Crippen LogP contribution is -2.37. The van der Waals surface area contributed by atoms with E-state index in [1.807, 2.05) is 0 Å². The number of hydrogen-bond donors (Lipinski definition) is 2. The second kappa shape index (κ2) is 3.01. The van der Waals surface area contributed by atoms with E-state index in [9.17, 15) is 0 Å². The monoisotopic (exact) mass is 177 g/mol. The van der Waals surface area contributed by atoms with Crippen molar-refractivity contribution >= 4 is 11.7 Å². The van der Waals surface area contributed by atoms with Crippen molar-refractivity contribution in [1.82, 2.24) is 9.97 Å². The fourth-order valence-corrected chi connectivity index (χ4v) is 1.17. The van der Waals surface area contributed by atoms with E-state index in [-0.39, 0.29) is 5.84 Å². The smallest absolute Gasteiger partial charge is 0.147 e. The van der Waals surface area contributed by atoms with E-state index in [0.717, 1.165) is 18.9 Å². The van der Waals surface area contributed by atoms with Gasteiger partial charge >= 0.3 is 0 Å². The second-order valence-electron chi connectivity index (χ2n) is 3.01. The van der Waals surface area contributed by atoms with E-state index in [4.69, 9.17) is 11.1 Å². The SMILES string of the molecule is N=C(N)c1cnc(N2CCC2)cn1. The van der Waals surface area contributed by atoms with Crippen LogP contribution >= 0.6 is 0 Å². The highest BCUT2D eigenvalue weighted by Gasteiger charge is 2.15. The minimum absolute atomic E-state index is 0.0392. The third-order valence-corrected chi connectivity index (χ3v) is 2.09. The molecule has 0 amide bonds. The highest BCUT2D eigenvalue weighted by molar-refractivity contribution is 5.92. The topological polar surface area (TPSA) is 78.9 Å². The second-order valence-corrected chi connectivity index (χ2v) is 3.01. The van der Waals surface area contributed by atoms with Gasteiger partial charge in [0.05, 0.1) is 12.4 Å². The molecule has 0 aliphatic carbocycles. The van der Waals surface area contributed by atoms with Gasteiger partial charge < -0.3 is 10.6 Å². The van der Waals surface area contributed by atoms with E-state index < -0.39 is 0 Å². The quantitative estimate of drug-likeness (QED) is 0.491. The Morgan fingerprint density at radius 1 is 1.38 bits per heavy atom. The predicted molar refractivity (Wildman–Crippen MR) is 49.9 cm³/mol. The highest BCUT2D eigenvalue weighted by atomic mass is 15.2. The summed E-state index contributed by atoms with van der Waals surface area (Å²) in [5.41, 5.74) is 5.69. The number of hydrogen-bond acceptors (Lipinski definition) is 4. The molecule has 0 bridgehead atoms. The summed E-state index contributed by atoms with van der Waals surface area (Å²) in [6.07, 6.45) is 4.42. The molecule has 0 unspecified atom stereocenters. The van der Waals surface area contributed by atoms with Crippen molar-refractivity contribution in [1.29, 1.82) is 5.41 Å². The third-order valence-electron chi connectivity index (χ3n) is 2.09. The molecular weight excluding hydrogens is 166 g/mol. The zero-order valence-electron chi connectivity index (χ0n) is 7.20. The van der Waals surface area contributed by atoms with Crippen LogP contribution < -0.4 is 10.6 Å². The first-order chi connectivity index (χ1) is 6.27. The Hall–Kier alpha value is -1.65. The summed E-state index contributed by atoms with van der Waals surface area (Å²) < 4.78 is 0. The van der Waals surface area contributed by atoms with Gasteiger partial charge in [0.15, 0.2) is 0 Å². The lowest BCUT2D eigenvalue weighted by Gasteiger charge is -2.31. The Kier molecular flexibility index (Phi) is 1.84. The average Bonchev–Trinajstić information content (AvgIpc) is 2.02. The number of aromatic nitrogens is 2. The number of rotatable bonds is 2.